The minimum absolute atomic E-state index is 0.0325. The molecule has 0 aliphatic carbocycles. The lowest BCUT2D eigenvalue weighted by Gasteiger charge is -2.26. The van der Waals surface area contributed by atoms with Gasteiger partial charge in [-0.3, -0.25) is 4.79 Å². The zero-order chi connectivity index (χ0) is 13.9. The van der Waals surface area contributed by atoms with Crippen LogP contribution in [0.1, 0.15) is 15.9 Å². The largest absolute Gasteiger partial charge is 0.491 e. The number of benzene rings is 1. The normalized spacial score (nSPS) is 16.9. The van der Waals surface area contributed by atoms with Crippen LogP contribution in [0.25, 0.3) is 0 Å². The summed E-state index contributed by atoms with van der Waals surface area (Å²) < 4.78 is 5.64. The smallest absolute Gasteiger partial charge is 0.253 e. The van der Waals surface area contributed by atoms with Gasteiger partial charge in [0.25, 0.3) is 5.91 Å². The van der Waals surface area contributed by atoms with Gasteiger partial charge >= 0.3 is 0 Å². The number of nitrogen functional groups attached to an aromatic ring is 1. The predicted octanol–water partition coefficient (Wildman–Crippen LogP) is 1.40. The number of aromatic nitrogens is 1. The summed E-state index contributed by atoms with van der Waals surface area (Å²) in [6, 6.07) is 11.1. The van der Waals surface area contributed by atoms with Gasteiger partial charge in [-0.1, -0.05) is 18.2 Å². The van der Waals surface area contributed by atoms with Crippen molar-refractivity contribution in [2.45, 2.75) is 12.5 Å². The number of carbonyl (C=O) groups excluding carboxylic acids is 1. The van der Waals surface area contributed by atoms with E-state index in [1.165, 1.54) is 6.20 Å². The van der Waals surface area contributed by atoms with Crippen LogP contribution in [0.3, 0.4) is 0 Å². The molecule has 0 spiro atoms. The molecule has 1 aromatic carbocycles. The average molecular weight is 269 g/mol. The van der Waals surface area contributed by atoms with E-state index >= 15 is 0 Å². The Morgan fingerprint density at radius 3 is 2.95 bits per heavy atom. The molecule has 3 N–H and O–H groups in total. The fourth-order valence-electron chi connectivity index (χ4n) is 2.23. The van der Waals surface area contributed by atoms with Crippen molar-refractivity contribution in [2.24, 2.45) is 0 Å². The van der Waals surface area contributed by atoms with Crippen LogP contribution in [-0.4, -0.2) is 23.5 Å². The SMILES string of the molecule is Nc1ccc(C(=O)N[C@H]2COc3ccccc3C2)cn1. The molecule has 0 saturated carbocycles. The van der Waals surface area contributed by atoms with Gasteiger partial charge in [0.2, 0.25) is 0 Å². The molecule has 5 nitrogen and oxygen atoms in total. The summed E-state index contributed by atoms with van der Waals surface area (Å²) in [5.74, 6) is 1.13. The van der Waals surface area contributed by atoms with Gasteiger partial charge in [-0.15, -0.1) is 0 Å². The lowest BCUT2D eigenvalue weighted by Crippen LogP contribution is -2.42. The molecule has 1 aliphatic heterocycles. The van der Waals surface area contributed by atoms with E-state index in [1.54, 1.807) is 12.1 Å². The molecule has 0 bridgehead atoms. The maximum absolute atomic E-state index is 12.1. The van der Waals surface area contributed by atoms with Crippen LogP contribution in [0.15, 0.2) is 42.6 Å². The van der Waals surface area contributed by atoms with E-state index in [0.717, 1.165) is 17.7 Å². The van der Waals surface area contributed by atoms with Gasteiger partial charge < -0.3 is 15.8 Å². The Morgan fingerprint density at radius 1 is 1.30 bits per heavy atom. The Hall–Kier alpha value is -2.56. The molecular formula is C15H15N3O2. The van der Waals surface area contributed by atoms with E-state index in [1.807, 2.05) is 24.3 Å². The first-order valence-corrected chi connectivity index (χ1v) is 6.45. The molecular weight excluding hydrogens is 254 g/mol. The Balaban J connectivity index is 1.67. The van der Waals surface area contributed by atoms with E-state index in [4.69, 9.17) is 10.5 Å². The predicted molar refractivity (Wildman–Crippen MR) is 75.5 cm³/mol. The first kappa shape index (κ1) is 12.5. The topological polar surface area (TPSA) is 77.2 Å². The first-order chi connectivity index (χ1) is 9.72. The molecule has 1 aromatic heterocycles. The van der Waals surface area contributed by atoms with Gasteiger partial charge in [0.05, 0.1) is 11.6 Å². The minimum Gasteiger partial charge on any atom is -0.491 e. The zero-order valence-electron chi connectivity index (χ0n) is 10.9. The molecule has 1 amide bonds. The van der Waals surface area contributed by atoms with Crippen molar-refractivity contribution in [1.29, 1.82) is 0 Å². The summed E-state index contributed by atoms with van der Waals surface area (Å²) in [6.07, 6.45) is 2.24. The molecule has 1 aliphatic rings. The third-order valence-electron chi connectivity index (χ3n) is 3.26. The number of nitrogens with zero attached hydrogens (tertiary/aromatic N) is 1. The number of amides is 1. The summed E-state index contributed by atoms with van der Waals surface area (Å²) >= 11 is 0. The molecule has 0 fully saturated rings. The summed E-state index contributed by atoms with van der Waals surface area (Å²) in [6.45, 7) is 0.477. The van der Waals surface area contributed by atoms with Gasteiger partial charge in [0.1, 0.15) is 18.2 Å². The molecule has 5 heteroatoms. The number of fused-ring (bicyclic) bond motifs is 1. The number of anilines is 1. The van der Waals surface area contributed by atoms with E-state index in [-0.39, 0.29) is 11.9 Å². The van der Waals surface area contributed by atoms with Gasteiger partial charge in [-0.05, 0) is 30.2 Å². The lowest BCUT2D eigenvalue weighted by atomic mass is 10.0. The highest BCUT2D eigenvalue weighted by molar-refractivity contribution is 5.94. The number of rotatable bonds is 2. The van der Waals surface area contributed by atoms with Gasteiger partial charge in [-0.25, -0.2) is 4.98 Å². The van der Waals surface area contributed by atoms with Gasteiger partial charge in [0, 0.05) is 6.20 Å². The fourth-order valence-corrected chi connectivity index (χ4v) is 2.23. The molecule has 0 saturated heterocycles. The highest BCUT2D eigenvalue weighted by Crippen LogP contribution is 2.23. The minimum atomic E-state index is -0.162. The standard InChI is InChI=1S/C15H15N3O2/c16-14-6-5-11(8-17-14)15(19)18-12-7-10-3-1-2-4-13(10)20-9-12/h1-6,8,12H,7,9H2,(H2,16,17)(H,18,19)/t12-/m1/s1. The number of pyridine rings is 1. The number of nitrogens with two attached hydrogens (primary N) is 1. The number of hydrogen-bond acceptors (Lipinski definition) is 4. The van der Waals surface area contributed by atoms with E-state index < -0.39 is 0 Å². The Labute approximate surface area is 116 Å². The van der Waals surface area contributed by atoms with Crippen molar-refractivity contribution < 1.29 is 9.53 Å². The van der Waals surface area contributed by atoms with Crippen LogP contribution in [0.5, 0.6) is 5.75 Å². The van der Waals surface area contributed by atoms with Crippen molar-refractivity contribution in [3.8, 4) is 5.75 Å². The van der Waals surface area contributed by atoms with E-state index in [2.05, 4.69) is 10.3 Å². The second kappa shape index (κ2) is 5.21. The average Bonchev–Trinajstić information content (AvgIpc) is 2.48. The second-order valence-corrected chi connectivity index (χ2v) is 4.76. The van der Waals surface area contributed by atoms with Crippen LogP contribution in [0, 0.1) is 0 Å². The summed E-state index contributed by atoms with van der Waals surface area (Å²) in [5, 5.41) is 2.95. The summed E-state index contributed by atoms with van der Waals surface area (Å²) in [7, 11) is 0. The van der Waals surface area contributed by atoms with Crippen molar-refractivity contribution in [3.05, 3.63) is 53.7 Å². The Kier molecular flexibility index (Phi) is 3.25. The molecule has 3 rings (SSSR count). The number of para-hydroxylation sites is 1. The Bertz CT molecular complexity index is 625. The van der Waals surface area contributed by atoms with E-state index in [9.17, 15) is 4.79 Å². The van der Waals surface area contributed by atoms with Crippen LogP contribution in [0.4, 0.5) is 5.82 Å². The first-order valence-electron chi connectivity index (χ1n) is 6.45. The van der Waals surface area contributed by atoms with Crippen molar-refractivity contribution >= 4 is 11.7 Å². The summed E-state index contributed by atoms with van der Waals surface area (Å²) in [5.41, 5.74) is 7.11. The van der Waals surface area contributed by atoms with Gasteiger partial charge in [0.15, 0.2) is 0 Å². The van der Waals surface area contributed by atoms with Crippen molar-refractivity contribution in [1.82, 2.24) is 10.3 Å². The highest BCUT2D eigenvalue weighted by atomic mass is 16.5. The zero-order valence-corrected chi connectivity index (χ0v) is 10.9. The van der Waals surface area contributed by atoms with Crippen LogP contribution < -0.4 is 15.8 Å². The highest BCUT2D eigenvalue weighted by Gasteiger charge is 2.21. The second-order valence-electron chi connectivity index (χ2n) is 4.76. The number of nitrogens with one attached hydrogen (secondary N) is 1. The molecule has 0 unspecified atom stereocenters. The fraction of sp³-hybridized carbons (Fsp3) is 0.200. The van der Waals surface area contributed by atoms with E-state index in [0.29, 0.717) is 18.0 Å². The molecule has 102 valence electrons. The third kappa shape index (κ3) is 2.56. The van der Waals surface area contributed by atoms with Gasteiger partial charge in [-0.2, -0.15) is 0 Å². The molecule has 2 heterocycles. The Morgan fingerprint density at radius 2 is 2.15 bits per heavy atom. The maximum Gasteiger partial charge on any atom is 0.253 e. The summed E-state index contributed by atoms with van der Waals surface area (Å²) in [4.78, 5) is 16.0. The maximum atomic E-state index is 12.1. The third-order valence-corrected chi connectivity index (χ3v) is 3.26. The number of hydrogen-bond donors (Lipinski definition) is 2. The monoisotopic (exact) mass is 269 g/mol. The molecule has 2 aromatic rings. The van der Waals surface area contributed by atoms with Crippen molar-refractivity contribution in [3.63, 3.8) is 0 Å². The van der Waals surface area contributed by atoms with Crippen LogP contribution in [-0.2, 0) is 6.42 Å². The number of carbonyl (C=O) groups is 1. The van der Waals surface area contributed by atoms with Crippen LogP contribution in [0.2, 0.25) is 0 Å². The van der Waals surface area contributed by atoms with Crippen molar-refractivity contribution in [2.75, 3.05) is 12.3 Å². The molecule has 20 heavy (non-hydrogen) atoms. The lowest BCUT2D eigenvalue weighted by molar-refractivity contribution is 0.0915. The quantitative estimate of drug-likeness (QED) is 0.864. The molecule has 0 radical (unpaired) electrons. The molecule has 1 atom stereocenters. The number of ether oxygens (including phenoxy) is 1. The van der Waals surface area contributed by atoms with Crippen LogP contribution >= 0.6 is 0 Å².